The summed E-state index contributed by atoms with van der Waals surface area (Å²) in [5.41, 5.74) is 2.43. The first-order valence-corrected chi connectivity index (χ1v) is 3.40. The van der Waals surface area contributed by atoms with Gasteiger partial charge >= 0.3 is 0 Å². The number of nitrogens with zero attached hydrogens (tertiary/aromatic N) is 1. The largest absolute Gasteiger partial charge is 0.297 e. The summed E-state index contributed by atoms with van der Waals surface area (Å²) < 4.78 is 0. The highest BCUT2D eigenvalue weighted by Crippen LogP contribution is 2.04. The molecule has 0 atom stereocenters. The van der Waals surface area contributed by atoms with E-state index in [0.29, 0.717) is 5.71 Å². The van der Waals surface area contributed by atoms with Crippen molar-refractivity contribution < 1.29 is 4.79 Å². The summed E-state index contributed by atoms with van der Waals surface area (Å²) >= 11 is 0. The predicted molar refractivity (Wildman–Crippen MR) is 47.7 cm³/mol. The lowest BCUT2D eigenvalue weighted by Crippen LogP contribution is -1.89. The molecule has 0 saturated carbocycles. The van der Waals surface area contributed by atoms with Gasteiger partial charge < -0.3 is 0 Å². The van der Waals surface area contributed by atoms with E-state index in [0.717, 1.165) is 17.4 Å². The van der Waals surface area contributed by atoms with Crippen LogP contribution in [0.5, 0.6) is 0 Å². The molecule has 0 N–H and O–H groups in total. The van der Waals surface area contributed by atoms with Gasteiger partial charge in [0.1, 0.15) is 0 Å². The Labute approximate surface area is 67.3 Å². The van der Waals surface area contributed by atoms with Gasteiger partial charge in [0.15, 0.2) is 6.29 Å². The molecule has 0 heterocycles. The molecule has 2 heteroatoms. The Morgan fingerprint density at radius 2 is 1.91 bits per heavy atom. The molecule has 0 rings (SSSR count). The number of aliphatic imine (C=N–C) groups is 1. The van der Waals surface area contributed by atoms with Gasteiger partial charge in [0.05, 0.1) is 5.71 Å². The van der Waals surface area contributed by atoms with Crippen molar-refractivity contribution in [3.8, 4) is 0 Å². The highest BCUT2D eigenvalue weighted by Gasteiger charge is 1.87. The van der Waals surface area contributed by atoms with Crippen LogP contribution in [0.1, 0.15) is 20.8 Å². The fourth-order valence-corrected chi connectivity index (χ4v) is 0.339. The first-order valence-electron chi connectivity index (χ1n) is 3.40. The lowest BCUT2D eigenvalue weighted by atomic mass is 10.2. The van der Waals surface area contributed by atoms with Crippen LogP contribution in [-0.4, -0.2) is 12.0 Å². The van der Waals surface area contributed by atoms with Crippen LogP contribution < -0.4 is 0 Å². The number of carbonyl (C=O) groups is 1. The van der Waals surface area contributed by atoms with Crippen molar-refractivity contribution in [3.05, 3.63) is 23.9 Å². The van der Waals surface area contributed by atoms with Crippen molar-refractivity contribution in [1.29, 1.82) is 0 Å². The van der Waals surface area contributed by atoms with Crippen molar-refractivity contribution in [2.24, 2.45) is 4.99 Å². The Morgan fingerprint density at radius 1 is 1.36 bits per heavy atom. The Balaban J connectivity index is 4.34. The maximum atomic E-state index is 10.1. The monoisotopic (exact) mass is 151 g/mol. The van der Waals surface area contributed by atoms with E-state index in [1.807, 2.05) is 13.8 Å². The normalized spacial score (nSPS) is 13.0. The van der Waals surface area contributed by atoms with E-state index < -0.39 is 0 Å². The molecule has 0 aromatic carbocycles. The molecule has 0 fully saturated rings. The summed E-state index contributed by atoms with van der Waals surface area (Å²) in [7, 11) is 0. The Bertz CT molecular complexity index is 224. The summed E-state index contributed by atoms with van der Waals surface area (Å²) in [6.07, 6.45) is 2.37. The molecule has 0 radical (unpaired) electrons. The quantitative estimate of drug-likeness (QED) is 0.345. The highest BCUT2D eigenvalue weighted by molar-refractivity contribution is 6.27. The summed E-state index contributed by atoms with van der Waals surface area (Å²) in [5.74, 6) is 0. The number of rotatable bonds is 3. The van der Waals surface area contributed by atoms with Crippen molar-refractivity contribution in [2.45, 2.75) is 20.8 Å². The third-order valence-electron chi connectivity index (χ3n) is 1.31. The number of hydrogen-bond acceptors (Lipinski definition) is 2. The summed E-state index contributed by atoms with van der Waals surface area (Å²) in [6, 6.07) is 0. The summed E-state index contributed by atoms with van der Waals surface area (Å²) in [4.78, 5) is 14.0. The molecule has 0 aliphatic heterocycles. The van der Waals surface area contributed by atoms with Crippen LogP contribution in [-0.2, 0) is 4.79 Å². The zero-order valence-electron chi connectivity index (χ0n) is 7.22. The van der Waals surface area contributed by atoms with E-state index in [2.05, 4.69) is 11.6 Å². The van der Waals surface area contributed by atoms with E-state index in [1.54, 1.807) is 13.1 Å². The topological polar surface area (TPSA) is 29.4 Å². The number of carbonyl (C=O) groups excluding carboxylic acids is 1. The zero-order valence-corrected chi connectivity index (χ0v) is 7.22. The van der Waals surface area contributed by atoms with Gasteiger partial charge in [-0.3, -0.25) is 9.79 Å². The molecule has 0 aromatic heterocycles. The minimum absolute atomic E-state index is 0.477. The van der Waals surface area contributed by atoms with Crippen molar-refractivity contribution >= 4 is 12.0 Å². The van der Waals surface area contributed by atoms with Crippen molar-refractivity contribution in [1.82, 2.24) is 0 Å². The van der Waals surface area contributed by atoms with E-state index in [-0.39, 0.29) is 0 Å². The molecule has 0 unspecified atom stereocenters. The summed E-state index contributed by atoms with van der Waals surface area (Å²) in [5, 5.41) is 0. The molecule has 0 spiro atoms. The highest BCUT2D eigenvalue weighted by atomic mass is 16.1. The molecule has 60 valence electrons. The maximum Gasteiger partial charge on any atom is 0.163 e. The molecule has 2 nitrogen and oxygen atoms in total. The molecule has 0 aliphatic carbocycles. The van der Waals surface area contributed by atoms with E-state index in [1.165, 1.54) is 0 Å². The lowest BCUT2D eigenvalue weighted by molar-refractivity contribution is -0.102. The first-order chi connectivity index (χ1) is 5.07. The minimum Gasteiger partial charge on any atom is -0.297 e. The van der Waals surface area contributed by atoms with Gasteiger partial charge in [0.2, 0.25) is 0 Å². The SMILES string of the molecule is C=C(C)/C(C)=C/N=C(C)C=O. The van der Waals surface area contributed by atoms with Gasteiger partial charge in [-0.1, -0.05) is 12.2 Å². The van der Waals surface area contributed by atoms with Gasteiger partial charge in [-0.2, -0.15) is 0 Å². The van der Waals surface area contributed by atoms with E-state index in [4.69, 9.17) is 0 Å². The van der Waals surface area contributed by atoms with Crippen LogP contribution in [0.3, 0.4) is 0 Å². The molecule has 0 aromatic rings. The number of aldehydes is 1. The Kier molecular flexibility index (Phi) is 4.11. The number of hydrogen-bond donors (Lipinski definition) is 0. The average Bonchev–Trinajstić information content (AvgIpc) is 1.99. The zero-order chi connectivity index (χ0) is 8.85. The fraction of sp³-hybridized carbons (Fsp3) is 0.333. The van der Waals surface area contributed by atoms with Crippen molar-refractivity contribution in [2.75, 3.05) is 0 Å². The maximum absolute atomic E-state index is 10.1. The van der Waals surface area contributed by atoms with Gasteiger partial charge in [-0.15, -0.1) is 0 Å². The predicted octanol–water partition coefficient (Wildman–Crippen LogP) is 2.13. The Hall–Kier alpha value is -1.18. The molecular formula is C9H13NO. The molecule has 0 saturated heterocycles. The molecule has 11 heavy (non-hydrogen) atoms. The van der Waals surface area contributed by atoms with Gasteiger partial charge in [-0.25, -0.2) is 0 Å². The van der Waals surface area contributed by atoms with Crippen LogP contribution in [0, 0.1) is 0 Å². The lowest BCUT2D eigenvalue weighted by Gasteiger charge is -1.94. The molecule has 0 aliphatic rings. The third-order valence-corrected chi connectivity index (χ3v) is 1.31. The molecular weight excluding hydrogens is 138 g/mol. The Morgan fingerprint density at radius 3 is 2.27 bits per heavy atom. The van der Waals surface area contributed by atoms with Crippen LogP contribution in [0.4, 0.5) is 0 Å². The number of allylic oxidation sites excluding steroid dienone is 2. The fourth-order valence-electron chi connectivity index (χ4n) is 0.339. The molecule has 0 amide bonds. The average molecular weight is 151 g/mol. The smallest absolute Gasteiger partial charge is 0.163 e. The second-order valence-corrected chi connectivity index (χ2v) is 2.48. The first kappa shape index (κ1) is 9.82. The standard InChI is InChI=1S/C9H13NO/c1-7(2)8(3)5-10-9(4)6-11/h5-6H,1H2,2-4H3/b8-5+,10-9?. The van der Waals surface area contributed by atoms with Crippen LogP contribution in [0.2, 0.25) is 0 Å². The third kappa shape index (κ3) is 4.25. The van der Waals surface area contributed by atoms with Gasteiger partial charge in [-0.05, 0) is 26.3 Å². The van der Waals surface area contributed by atoms with Crippen LogP contribution in [0.15, 0.2) is 28.9 Å². The van der Waals surface area contributed by atoms with Crippen LogP contribution >= 0.6 is 0 Å². The van der Waals surface area contributed by atoms with Gasteiger partial charge in [0.25, 0.3) is 0 Å². The van der Waals surface area contributed by atoms with Gasteiger partial charge in [0, 0.05) is 6.20 Å². The van der Waals surface area contributed by atoms with Crippen LogP contribution in [0.25, 0.3) is 0 Å². The minimum atomic E-state index is 0.477. The molecule has 0 bridgehead atoms. The van der Waals surface area contributed by atoms with E-state index in [9.17, 15) is 4.79 Å². The second-order valence-electron chi connectivity index (χ2n) is 2.48. The summed E-state index contributed by atoms with van der Waals surface area (Å²) in [6.45, 7) is 9.20. The van der Waals surface area contributed by atoms with E-state index >= 15 is 0 Å². The van der Waals surface area contributed by atoms with Crippen molar-refractivity contribution in [3.63, 3.8) is 0 Å². The second kappa shape index (κ2) is 4.61.